The van der Waals surface area contributed by atoms with Gasteiger partial charge < -0.3 is 14.6 Å². The highest BCUT2D eigenvalue weighted by Gasteiger charge is 2.26. The molecule has 132 valence electrons. The molecule has 0 aliphatic rings. The molecule has 0 unspecified atom stereocenters. The molecule has 23 heavy (non-hydrogen) atoms. The third-order valence-corrected chi connectivity index (χ3v) is 5.60. The fraction of sp³-hybridized carbons (Fsp3) is 0.765. The molecular formula is C17H31N3O2S. The first-order valence-electron chi connectivity index (χ1n) is 8.26. The van der Waals surface area contributed by atoms with Crippen LogP contribution in [0.2, 0.25) is 0 Å². The molecule has 0 bridgehead atoms. The van der Waals surface area contributed by atoms with E-state index in [1.165, 1.54) is 0 Å². The van der Waals surface area contributed by atoms with E-state index in [4.69, 9.17) is 4.74 Å². The summed E-state index contributed by atoms with van der Waals surface area (Å²) in [5.74, 6) is 0. The average molecular weight is 342 g/mol. The fourth-order valence-corrected chi connectivity index (χ4v) is 3.29. The molecule has 1 aromatic rings. The summed E-state index contributed by atoms with van der Waals surface area (Å²) >= 11 is 1.92. The number of carbonyl (C=O) groups excluding carboxylic acids is 1. The van der Waals surface area contributed by atoms with Crippen molar-refractivity contribution in [3.63, 3.8) is 0 Å². The zero-order valence-electron chi connectivity index (χ0n) is 15.3. The summed E-state index contributed by atoms with van der Waals surface area (Å²) in [4.78, 5) is 16.0. The molecule has 0 aliphatic carbocycles. The second-order valence-corrected chi connectivity index (χ2v) is 8.06. The minimum absolute atomic E-state index is 0.244. The van der Waals surface area contributed by atoms with Crippen molar-refractivity contribution in [3.8, 4) is 0 Å². The number of amides is 1. The third-order valence-electron chi connectivity index (χ3n) is 4.03. The largest absolute Gasteiger partial charge is 0.444 e. The number of nitrogens with zero attached hydrogens (tertiary/aromatic N) is 2. The molecule has 0 aliphatic heterocycles. The lowest BCUT2D eigenvalue weighted by molar-refractivity contribution is 0.0528. The van der Waals surface area contributed by atoms with Crippen LogP contribution in [0.25, 0.3) is 0 Å². The van der Waals surface area contributed by atoms with Gasteiger partial charge >= 0.3 is 6.09 Å². The Morgan fingerprint density at radius 2 is 2.00 bits per heavy atom. The van der Waals surface area contributed by atoms with Crippen LogP contribution in [-0.4, -0.2) is 38.8 Å². The molecule has 0 spiro atoms. The van der Waals surface area contributed by atoms with Gasteiger partial charge in [-0.05, 0) is 39.9 Å². The van der Waals surface area contributed by atoms with E-state index in [1.54, 1.807) is 0 Å². The lowest BCUT2D eigenvalue weighted by atomic mass is 10.0. The lowest BCUT2D eigenvalue weighted by Crippen LogP contribution is -2.34. The van der Waals surface area contributed by atoms with Crippen LogP contribution in [0.5, 0.6) is 0 Å². The summed E-state index contributed by atoms with van der Waals surface area (Å²) in [7, 11) is 0. The molecule has 5 nitrogen and oxygen atoms in total. The summed E-state index contributed by atoms with van der Waals surface area (Å²) in [6, 6.07) is 0. The van der Waals surface area contributed by atoms with Crippen LogP contribution in [0.3, 0.4) is 0 Å². The molecule has 0 atom stereocenters. The van der Waals surface area contributed by atoms with E-state index >= 15 is 0 Å². The summed E-state index contributed by atoms with van der Waals surface area (Å²) in [6.07, 6.45) is 8.57. The molecule has 1 aromatic heterocycles. The number of nitrogens with one attached hydrogen (secondary N) is 1. The Bertz CT molecular complexity index is 482. The Kier molecular flexibility index (Phi) is 7.45. The number of alkyl carbamates (subject to hydrolysis) is 1. The van der Waals surface area contributed by atoms with Gasteiger partial charge in [-0.3, -0.25) is 0 Å². The maximum absolute atomic E-state index is 11.7. The van der Waals surface area contributed by atoms with E-state index in [1.807, 2.05) is 45.1 Å². The lowest BCUT2D eigenvalue weighted by Gasteiger charge is -2.30. The van der Waals surface area contributed by atoms with Crippen LogP contribution in [0.15, 0.2) is 12.5 Å². The van der Waals surface area contributed by atoms with E-state index in [-0.39, 0.29) is 10.8 Å². The van der Waals surface area contributed by atoms with Gasteiger partial charge in [-0.25, -0.2) is 9.78 Å². The number of rotatable bonds is 8. The van der Waals surface area contributed by atoms with E-state index in [0.717, 1.165) is 31.5 Å². The first-order valence-corrected chi connectivity index (χ1v) is 9.48. The van der Waals surface area contributed by atoms with Crippen molar-refractivity contribution in [2.75, 3.05) is 12.8 Å². The normalized spacial score (nSPS) is 12.3. The summed E-state index contributed by atoms with van der Waals surface area (Å²) in [5, 5.41) is 2.80. The number of hydrogen-bond acceptors (Lipinski definition) is 4. The van der Waals surface area contributed by atoms with Gasteiger partial charge in [-0.1, -0.05) is 13.8 Å². The first-order chi connectivity index (χ1) is 10.7. The number of hydrogen-bond donors (Lipinski definition) is 1. The number of thioether (sulfide) groups is 1. The van der Waals surface area contributed by atoms with Crippen molar-refractivity contribution >= 4 is 17.9 Å². The summed E-state index contributed by atoms with van der Waals surface area (Å²) < 4.78 is 7.70. The molecule has 1 rings (SSSR count). The second kappa shape index (κ2) is 8.62. The Balaban J connectivity index is 2.57. The van der Waals surface area contributed by atoms with Crippen molar-refractivity contribution < 1.29 is 9.53 Å². The van der Waals surface area contributed by atoms with Crippen LogP contribution >= 0.6 is 11.8 Å². The number of ether oxygens (including phenoxy) is 1. The van der Waals surface area contributed by atoms with Crippen molar-refractivity contribution in [2.24, 2.45) is 0 Å². The molecule has 0 radical (unpaired) electrons. The Labute approximate surface area is 144 Å². The fourth-order valence-electron chi connectivity index (χ4n) is 2.44. The second-order valence-electron chi connectivity index (χ2n) is 6.79. The van der Waals surface area contributed by atoms with E-state index < -0.39 is 5.60 Å². The Morgan fingerprint density at radius 3 is 2.52 bits per heavy atom. The van der Waals surface area contributed by atoms with Crippen LogP contribution in [0.1, 0.15) is 53.2 Å². The monoisotopic (exact) mass is 341 g/mol. The number of carbonyl (C=O) groups is 1. The maximum atomic E-state index is 11.7. The molecule has 1 N–H and O–H groups in total. The van der Waals surface area contributed by atoms with Gasteiger partial charge in [0.15, 0.2) is 0 Å². The van der Waals surface area contributed by atoms with E-state index in [0.29, 0.717) is 6.54 Å². The molecule has 1 amide bonds. The smallest absolute Gasteiger partial charge is 0.407 e. The quantitative estimate of drug-likeness (QED) is 0.780. The van der Waals surface area contributed by atoms with E-state index in [9.17, 15) is 4.79 Å². The molecule has 1 heterocycles. The summed E-state index contributed by atoms with van der Waals surface area (Å²) in [5.41, 5.74) is 0.674. The highest BCUT2D eigenvalue weighted by atomic mass is 32.2. The van der Waals surface area contributed by atoms with Gasteiger partial charge in [0.2, 0.25) is 0 Å². The van der Waals surface area contributed by atoms with Gasteiger partial charge in [-0.15, -0.1) is 0 Å². The highest BCUT2D eigenvalue weighted by Crippen LogP contribution is 2.32. The average Bonchev–Trinajstić information content (AvgIpc) is 2.90. The zero-order valence-corrected chi connectivity index (χ0v) is 16.1. The van der Waals surface area contributed by atoms with Crippen LogP contribution in [0, 0.1) is 0 Å². The predicted octanol–water partition coefficient (Wildman–Crippen LogP) is 3.87. The minimum atomic E-state index is -0.466. The third kappa shape index (κ3) is 6.45. The topological polar surface area (TPSA) is 56.2 Å². The molecule has 0 saturated carbocycles. The number of imidazole rings is 1. The molecule has 0 saturated heterocycles. The zero-order chi connectivity index (χ0) is 17.5. The van der Waals surface area contributed by atoms with Crippen molar-refractivity contribution in [3.05, 3.63) is 18.2 Å². The minimum Gasteiger partial charge on any atom is -0.444 e. The Morgan fingerprint density at radius 1 is 1.35 bits per heavy atom. The molecular weight excluding hydrogens is 310 g/mol. The van der Waals surface area contributed by atoms with Crippen LogP contribution in [-0.2, 0) is 17.7 Å². The first kappa shape index (κ1) is 19.9. The molecule has 0 aromatic carbocycles. The molecule has 0 fully saturated rings. The van der Waals surface area contributed by atoms with Crippen LogP contribution < -0.4 is 5.32 Å². The van der Waals surface area contributed by atoms with Gasteiger partial charge in [-0.2, -0.15) is 11.8 Å². The standard InChI is InChI=1S/C17H31N3O2S/c1-7-17(8-2,23-6)12-20-13-18-11-14(20)9-10-19-15(21)22-16(3,4)5/h11,13H,7-10,12H2,1-6H3,(H,19,21). The van der Waals surface area contributed by atoms with Gasteiger partial charge in [0.1, 0.15) is 5.60 Å². The van der Waals surface area contributed by atoms with Crippen LogP contribution in [0.4, 0.5) is 4.79 Å². The van der Waals surface area contributed by atoms with Gasteiger partial charge in [0, 0.05) is 36.1 Å². The number of aromatic nitrogens is 2. The van der Waals surface area contributed by atoms with Gasteiger partial charge in [0.25, 0.3) is 0 Å². The SMILES string of the molecule is CCC(CC)(Cn1cncc1CCNC(=O)OC(C)(C)C)SC. The summed E-state index contributed by atoms with van der Waals surface area (Å²) in [6.45, 7) is 11.5. The Hall–Kier alpha value is -1.17. The maximum Gasteiger partial charge on any atom is 0.407 e. The highest BCUT2D eigenvalue weighted by molar-refractivity contribution is 8.00. The van der Waals surface area contributed by atoms with Crippen molar-refractivity contribution in [2.45, 2.75) is 70.8 Å². The predicted molar refractivity (Wildman–Crippen MR) is 97.0 cm³/mol. The van der Waals surface area contributed by atoms with Crippen molar-refractivity contribution in [1.82, 2.24) is 14.9 Å². The van der Waals surface area contributed by atoms with Gasteiger partial charge in [0.05, 0.1) is 6.33 Å². The van der Waals surface area contributed by atoms with E-state index in [2.05, 4.69) is 35.0 Å². The molecule has 6 heteroatoms. The van der Waals surface area contributed by atoms with Crippen molar-refractivity contribution in [1.29, 1.82) is 0 Å².